The number of aryl methyl sites for hydroxylation is 2. The summed E-state index contributed by atoms with van der Waals surface area (Å²) >= 11 is 1.67. The molecule has 0 radical (unpaired) electrons. The van der Waals surface area contributed by atoms with Gasteiger partial charge in [0.2, 0.25) is 0 Å². The highest BCUT2D eigenvalue weighted by molar-refractivity contribution is 7.99. The second kappa shape index (κ2) is 5.75. The highest BCUT2D eigenvalue weighted by Crippen LogP contribution is 2.23. The van der Waals surface area contributed by atoms with Gasteiger partial charge < -0.3 is 5.11 Å². The maximum Gasteiger partial charge on any atom is 0.330 e. The van der Waals surface area contributed by atoms with Crippen molar-refractivity contribution < 1.29 is 9.90 Å². The van der Waals surface area contributed by atoms with E-state index in [9.17, 15) is 4.79 Å². The first-order valence-electron chi connectivity index (χ1n) is 5.11. The fourth-order valence-corrected chi connectivity index (χ4v) is 2.28. The van der Waals surface area contributed by atoms with Crippen LogP contribution in [-0.4, -0.2) is 16.8 Å². The second-order valence-corrected chi connectivity index (χ2v) is 4.83. The molecule has 0 atom stereocenters. The Morgan fingerprint density at radius 3 is 2.75 bits per heavy atom. The minimum atomic E-state index is -0.846. The van der Waals surface area contributed by atoms with Gasteiger partial charge in [-0.05, 0) is 32.4 Å². The molecule has 0 fully saturated rings. The van der Waals surface area contributed by atoms with Crippen LogP contribution in [0.15, 0.2) is 34.7 Å². The van der Waals surface area contributed by atoms with Crippen molar-refractivity contribution in [3.05, 3.63) is 41.0 Å². The Morgan fingerprint density at radius 2 is 2.12 bits per heavy atom. The van der Waals surface area contributed by atoms with Gasteiger partial charge in [0.25, 0.3) is 0 Å². The molecule has 0 aromatic heterocycles. The van der Waals surface area contributed by atoms with Crippen LogP contribution in [0.2, 0.25) is 0 Å². The summed E-state index contributed by atoms with van der Waals surface area (Å²) in [6, 6.07) is 6.30. The summed E-state index contributed by atoms with van der Waals surface area (Å²) in [6.07, 6.45) is 1.74. The van der Waals surface area contributed by atoms with E-state index < -0.39 is 5.97 Å². The summed E-state index contributed by atoms with van der Waals surface area (Å²) in [5.74, 6) is -0.149. The van der Waals surface area contributed by atoms with Crippen LogP contribution < -0.4 is 0 Å². The predicted octanol–water partition coefficient (Wildman–Crippen LogP) is 3.43. The van der Waals surface area contributed by atoms with E-state index in [1.54, 1.807) is 24.8 Å². The molecular weight excluding hydrogens is 220 g/mol. The molecule has 1 aromatic rings. The molecule has 0 amide bonds. The zero-order valence-electron chi connectivity index (χ0n) is 9.78. The van der Waals surface area contributed by atoms with E-state index in [1.807, 2.05) is 0 Å². The Bertz CT molecular complexity index is 422. The molecule has 1 N–H and O–H groups in total. The molecule has 16 heavy (non-hydrogen) atoms. The first-order valence-corrected chi connectivity index (χ1v) is 6.09. The first-order chi connectivity index (χ1) is 7.50. The van der Waals surface area contributed by atoms with E-state index in [4.69, 9.17) is 5.11 Å². The van der Waals surface area contributed by atoms with E-state index in [0.29, 0.717) is 11.3 Å². The second-order valence-electron chi connectivity index (χ2n) is 3.77. The van der Waals surface area contributed by atoms with Crippen molar-refractivity contribution >= 4 is 17.7 Å². The quantitative estimate of drug-likeness (QED) is 0.643. The molecule has 0 heterocycles. The molecule has 0 saturated heterocycles. The Hall–Kier alpha value is -1.22. The van der Waals surface area contributed by atoms with E-state index in [-0.39, 0.29) is 0 Å². The molecule has 2 nitrogen and oxygen atoms in total. The third-order valence-electron chi connectivity index (χ3n) is 2.31. The van der Waals surface area contributed by atoms with Gasteiger partial charge in [-0.1, -0.05) is 23.8 Å². The van der Waals surface area contributed by atoms with Crippen LogP contribution >= 0.6 is 11.8 Å². The van der Waals surface area contributed by atoms with E-state index >= 15 is 0 Å². The lowest BCUT2D eigenvalue weighted by atomic mass is 10.2. The number of hydrogen-bond donors (Lipinski definition) is 1. The number of benzene rings is 1. The van der Waals surface area contributed by atoms with Crippen molar-refractivity contribution in [3.8, 4) is 0 Å². The molecule has 3 heteroatoms. The fraction of sp³-hybridized carbons (Fsp3) is 0.308. The molecule has 0 aliphatic heterocycles. The lowest BCUT2D eigenvalue weighted by molar-refractivity contribution is -0.132. The summed E-state index contributed by atoms with van der Waals surface area (Å²) in [5, 5.41) is 8.70. The summed E-state index contributed by atoms with van der Waals surface area (Å²) in [7, 11) is 0. The Labute approximate surface area is 100 Å². The van der Waals surface area contributed by atoms with Gasteiger partial charge in [0.1, 0.15) is 0 Å². The molecule has 86 valence electrons. The lowest BCUT2D eigenvalue weighted by Gasteiger charge is -2.05. The molecule has 0 aliphatic carbocycles. The molecule has 0 aliphatic rings. The summed E-state index contributed by atoms with van der Waals surface area (Å²) in [6.45, 7) is 5.74. The molecule has 0 bridgehead atoms. The lowest BCUT2D eigenvalue weighted by Crippen LogP contribution is -1.96. The number of carboxylic acid groups (broad SMARTS) is 1. The van der Waals surface area contributed by atoms with Gasteiger partial charge in [-0.2, -0.15) is 0 Å². The Morgan fingerprint density at radius 1 is 1.44 bits per heavy atom. The van der Waals surface area contributed by atoms with Gasteiger partial charge in [-0.15, -0.1) is 11.8 Å². The third-order valence-corrected chi connectivity index (χ3v) is 3.39. The smallest absolute Gasteiger partial charge is 0.330 e. The standard InChI is InChI=1S/C13H16O2S/c1-9-4-5-10(2)12(8-9)16-7-6-11(3)13(14)15/h4-6,8H,7H2,1-3H3,(H,14,15). The highest BCUT2D eigenvalue weighted by Gasteiger charge is 2.01. The van der Waals surface area contributed by atoms with E-state index in [1.165, 1.54) is 16.0 Å². The van der Waals surface area contributed by atoms with Crippen LogP contribution in [0.1, 0.15) is 18.1 Å². The van der Waals surface area contributed by atoms with Gasteiger partial charge in [-0.3, -0.25) is 0 Å². The van der Waals surface area contributed by atoms with Crippen LogP contribution in [0.25, 0.3) is 0 Å². The summed E-state index contributed by atoms with van der Waals surface area (Å²) in [5.41, 5.74) is 2.86. The maximum atomic E-state index is 10.6. The molecular formula is C13H16O2S. The number of thioether (sulfide) groups is 1. The minimum Gasteiger partial charge on any atom is -0.478 e. The molecule has 0 unspecified atom stereocenters. The zero-order chi connectivity index (χ0) is 12.1. The van der Waals surface area contributed by atoms with Crippen LogP contribution in [0, 0.1) is 13.8 Å². The number of aliphatic carboxylic acids is 1. The minimum absolute atomic E-state index is 0.401. The van der Waals surface area contributed by atoms with Crippen LogP contribution in [-0.2, 0) is 4.79 Å². The topological polar surface area (TPSA) is 37.3 Å². The van der Waals surface area contributed by atoms with Gasteiger partial charge >= 0.3 is 5.97 Å². The summed E-state index contributed by atoms with van der Waals surface area (Å²) in [4.78, 5) is 11.8. The monoisotopic (exact) mass is 236 g/mol. The van der Waals surface area contributed by atoms with Crippen molar-refractivity contribution in [3.63, 3.8) is 0 Å². The van der Waals surface area contributed by atoms with Crippen molar-refractivity contribution in [1.82, 2.24) is 0 Å². The van der Waals surface area contributed by atoms with Crippen molar-refractivity contribution in [2.45, 2.75) is 25.7 Å². The first kappa shape index (κ1) is 12.8. The van der Waals surface area contributed by atoms with Crippen molar-refractivity contribution in [1.29, 1.82) is 0 Å². The van der Waals surface area contributed by atoms with Gasteiger partial charge in [0, 0.05) is 16.2 Å². The zero-order valence-corrected chi connectivity index (χ0v) is 10.6. The summed E-state index contributed by atoms with van der Waals surface area (Å²) < 4.78 is 0. The van der Waals surface area contributed by atoms with E-state index in [2.05, 4.69) is 32.0 Å². The normalized spacial score (nSPS) is 11.6. The van der Waals surface area contributed by atoms with Gasteiger partial charge in [0.15, 0.2) is 0 Å². The predicted molar refractivity (Wildman–Crippen MR) is 68.0 cm³/mol. The Kier molecular flexibility index (Phi) is 4.62. The number of rotatable bonds is 4. The largest absolute Gasteiger partial charge is 0.478 e. The number of carbonyl (C=O) groups is 1. The molecule has 0 saturated carbocycles. The molecule has 1 rings (SSSR count). The molecule has 0 spiro atoms. The van der Waals surface area contributed by atoms with Gasteiger partial charge in [0.05, 0.1) is 0 Å². The average molecular weight is 236 g/mol. The van der Waals surface area contributed by atoms with Crippen molar-refractivity contribution in [2.24, 2.45) is 0 Å². The average Bonchev–Trinajstić information content (AvgIpc) is 2.22. The van der Waals surface area contributed by atoms with Crippen LogP contribution in [0.5, 0.6) is 0 Å². The highest BCUT2D eigenvalue weighted by atomic mass is 32.2. The molecule has 1 aromatic carbocycles. The maximum absolute atomic E-state index is 10.6. The Balaban J connectivity index is 2.65. The number of carboxylic acids is 1. The SMILES string of the molecule is CC(=CCSc1cc(C)ccc1C)C(=O)O. The number of hydrogen-bond acceptors (Lipinski definition) is 2. The third kappa shape index (κ3) is 3.74. The van der Waals surface area contributed by atoms with Crippen LogP contribution in [0.4, 0.5) is 0 Å². The van der Waals surface area contributed by atoms with Gasteiger partial charge in [-0.25, -0.2) is 4.79 Å². The van der Waals surface area contributed by atoms with Crippen molar-refractivity contribution in [2.75, 3.05) is 5.75 Å². The van der Waals surface area contributed by atoms with Crippen LogP contribution in [0.3, 0.4) is 0 Å². The van der Waals surface area contributed by atoms with E-state index in [0.717, 1.165) is 0 Å². The fourth-order valence-electron chi connectivity index (χ4n) is 1.21.